The molecule has 0 radical (unpaired) electrons. The molecule has 19 heavy (non-hydrogen) atoms. The molecule has 0 fully saturated rings. The topological polar surface area (TPSA) is 43.8 Å². The van der Waals surface area contributed by atoms with Gasteiger partial charge in [0.25, 0.3) is 0 Å². The van der Waals surface area contributed by atoms with E-state index >= 15 is 0 Å². The van der Waals surface area contributed by atoms with Gasteiger partial charge in [0, 0.05) is 16.8 Å². The van der Waals surface area contributed by atoms with Gasteiger partial charge in [0.2, 0.25) is 5.95 Å². The van der Waals surface area contributed by atoms with Gasteiger partial charge in [0.1, 0.15) is 5.82 Å². The van der Waals surface area contributed by atoms with Gasteiger partial charge in [0.05, 0.1) is 15.5 Å². The van der Waals surface area contributed by atoms with E-state index < -0.39 is 0 Å². The van der Waals surface area contributed by atoms with E-state index in [4.69, 9.17) is 17.3 Å². The largest absolute Gasteiger partial charge is 0.369 e. The maximum Gasteiger partial charge on any atom is 0.205 e. The number of hydrogen-bond acceptors (Lipinski definition) is 2. The van der Waals surface area contributed by atoms with Crippen LogP contribution in [0.25, 0.3) is 16.7 Å². The predicted octanol–water partition coefficient (Wildman–Crippen LogP) is 4.16. The molecule has 1 heterocycles. The molecule has 0 unspecified atom stereocenters. The lowest BCUT2D eigenvalue weighted by Gasteiger charge is -2.06. The quantitative estimate of drug-likeness (QED) is 0.723. The fourth-order valence-corrected chi connectivity index (χ4v) is 2.41. The van der Waals surface area contributed by atoms with E-state index in [1.54, 1.807) is 34.9 Å². The van der Waals surface area contributed by atoms with Gasteiger partial charge in [-0.05, 0) is 46.3 Å². The summed E-state index contributed by atoms with van der Waals surface area (Å²) < 4.78 is 15.7. The Kier molecular flexibility index (Phi) is 2.95. The van der Waals surface area contributed by atoms with E-state index in [9.17, 15) is 4.39 Å². The lowest BCUT2D eigenvalue weighted by atomic mass is 10.2. The molecule has 3 nitrogen and oxygen atoms in total. The van der Waals surface area contributed by atoms with Crippen LogP contribution >= 0.6 is 27.5 Å². The molecule has 3 aromatic rings. The summed E-state index contributed by atoms with van der Waals surface area (Å²) in [6.07, 6.45) is 0. The third-order valence-corrected chi connectivity index (χ3v) is 3.67. The monoisotopic (exact) mass is 339 g/mol. The Bertz CT molecular complexity index is 768. The van der Waals surface area contributed by atoms with Crippen molar-refractivity contribution in [2.45, 2.75) is 0 Å². The Labute approximate surface area is 121 Å². The van der Waals surface area contributed by atoms with Crippen molar-refractivity contribution in [3.8, 4) is 5.69 Å². The summed E-state index contributed by atoms with van der Waals surface area (Å²) in [6, 6.07) is 10.1. The van der Waals surface area contributed by atoms with E-state index in [2.05, 4.69) is 20.9 Å². The first-order chi connectivity index (χ1) is 9.06. The van der Waals surface area contributed by atoms with E-state index in [1.165, 1.54) is 6.07 Å². The molecule has 6 heteroatoms. The van der Waals surface area contributed by atoms with Crippen LogP contribution in [-0.2, 0) is 0 Å². The lowest BCUT2D eigenvalue weighted by molar-refractivity contribution is 0.622. The summed E-state index contributed by atoms with van der Waals surface area (Å²) in [5.74, 6) is -0.0579. The molecule has 0 amide bonds. The Balaban J connectivity index is 2.31. The van der Waals surface area contributed by atoms with E-state index in [1.807, 2.05) is 0 Å². The van der Waals surface area contributed by atoms with Crippen molar-refractivity contribution in [1.29, 1.82) is 0 Å². The van der Waals surface area contributed by atoms with E-state index in [0.717, 1.165) is 5.69 Å². The number of halogens is 3. The van der Waals surface area contributed by atoms with Crippen molar-refractivity contribution in [2.24, 2.45) is 0 Å². The van der Waals surface area contributed by atoms with Crippen LogP contribution in [-0.4, -0.2) is 9.55 Å². The standard InChI is InChI=1S/C13H8BrClFN3/c14-9-5-11-12(6-10(9)16)19(13(17)18-11)8-3-1-7(15)2-4-8/h1-6H,(H2,17,18). The van der Waals surface area contributed by atoms with Gasteiger partial charge in [-0.25, -0.2) is 9.37 Å². The number of anilines is 1. The molecule has 0 saturated heterocycles. The smallest absolute Gasteiger partial charge is 0.205 e. The minimum absolute atomic E-state index is 0.301. The second-order valence-corrected chi connectivity index (χ2v) is 5.33. The number of hydrogen-bond donors (Lipinski definition) is 1. The van der Waals surface area contributed by atoms with Crippen LogP contribution in [0.5, 0.6) is 0 Å². The molecule has 0 aliphatic heterocycles. The molecule has 2 aromatic carbocycles. The highest BCUT2D eigenvalue weighted by molar-refractivity contribution is 9.10. The molecule has 2 N–H and O–H groups in total. The molecule has 1 aromatic heterocycles. The van der Waals surface area contributed by atoms with Crippen LogP contribution in [0, 0.1) is 5.82 Å². The van der Waals surface area contributed by atoms with Crippen LogP contribution in [0.1, 0.15) is 0 Å². The normalized spacial score (nSPS) is 11.1. The van der Waals surface area contributed by atoms with Gasteiger partial charge < -0.3 is 5.73 Å². The number of benzene rings is 2. The molecule has 0 aliphatic rings. The summed E-state index contributed by atoms with van der Waals surface area (Å²) in [4.78, 5) is 4.22. The first-order valence-corrected chi connectivity index (χ1v) is 6.62. The van der Waals surface area contributed by atoms with Crippen LogP contribution < -0.4 is 5.73 Å². The zero-order valence-electron chi connectivity index (χ0n) is 9.57. The summed E-state index contributed by atoms with van der Waals surface area (Å²) in [5, 5.41) is 0.626. The minimum atomic E-state index is -0.359. The highest BCUT2D eigenvalue weighted by Crippen LogP contribution is 2.28. The number of nitrogens with zero attached hydrogens (tertiary/aromatic N) is 2. The SMILES string of the molecule is Nc1nc2cc(Br)c(F)cc2n1-c1ccc(Cl)cc1. The van der Waals surface area contributed by atoms with Crippen LogP contribution in [0.4, 0.5) is 10.3 Å². The van der Waals surface area contributed by atoms with Crippen molar-refractivity contribution in [3.05, 3.63) is 51.7 Å². The fourth-order valence-electron chi connectivity index (χ4n) is 1.95. The summed E-state index contributed by atoms with van der Waals surface area (Å²) in [6.45, 7) is 0. The third kappa shape index (κ3) is 2.09. The number of aromatic nitrogens is 2. The number of imidazole rings is 1. The average Bonchev–Trinajstić information content (AvgIpc) is 2.67. The van der Waals surface area contributed by atoms with E-state index in [-0.39, 0.29) is 5.82 Å². The highest BCUT2D eigenvalue weighted by atomic mass is 79.9. The molecular formula is C13H8BrClFN3. The van der Waals surface area contributed by atoms with E-state index in [0.29, 0.717) is 26.5 Å². The predicted molar refractivity (Wildman–Crippen MR) is 78.2 cm³/mol. The molecule has 3 rings (SSSR count). The van der Waals surface area contributed by atoms with Gasteiger partial charge >= 0.3 is 0 Å². The van der Waals surface area contributed by atoms with Crippen molar-refractivity contribution < 1.29 is 4.39 Å². The minimum Gasteiger partial charge on any atom is -0.369 e. The second kappa shape index (κ2) is 4.51. The summed E-state index contributed by atoms with van der Waals surface area (Å²) in [5.41, 5.74) is 7.93. The number of nitrogens with two attached hydrogens (primary N) is 1. The maximum atomic E-state index is 13.7. The van der Waals surface area contributed by atoms with Crippen LogP contribution in [0.15, 0.2) is 40.9 Å². The fraction of sp³-hybridized carbons (Fsp3) is 0. The van der Waals surface area contributed by atoms with Gasteiger partial charge in [-0.15, -0.1) is 0 Å². The maximum absolute atomic E-state index is 13.7. The first kappa shape index (κ1) is 12.4. The van der Waals surface area contributed by atoms with Crippen molar-refractivity contribution in [1.82, 2.24) is 9.55 Å². The Morgan fingerprint density at radius 2 is 1.89 bits per heavy atom. The molecule has 0 bridgehead atoms. The summed E-state index contributed by atoms with van der Waals surface area (Å²) in [7, 11) is 0. The highest BCUT2D eigenvalue weighted by Gasteiger charge is 2.12. The number of nitrogen functional groups attached to an aromatic ring is 1. The Morgan fingerprint density at radius 3 is 2.58 bits per heavy atom. The second-order valence-electron chi connectivity index (χ2n) is 4.04. The van der Waals surface area contributed by atoms with Crippen LogP contribution in [0.2, 0.25) is 5.02 Å². The Morgan fingerprint density at radius 1 is 1.21 bits per heavy atom. The van der Waals surface area contributed by atoms with Gasteiger partial charge in [0.15, 0.2) is 0 Å². The van der Waals surface area contributed by atoms with Gasteiger partial charge in [-0.1, -0.05) is 11.6 Å². The lowest BCUT2D eigenvalue weighted by Crippen LogP contribution is -2.00. The van der Waals surface area contributed by atoms with Gasteiger partial charge in [-0.3, -0.25) is 4.57 Å². The van der Waals surface area contributed by atoms with Crippen molar-refractivity contribution in [2.75, 3.05) is 5.73 Å². The van der Waals surface area contributed by atoms with Gasteiger partial charge in [-0.2, -0.15) is 0 Å². The van der Waals surface area contributed by atoms with Crippen molar-refractivity contribution >= 4 is 44.5 Å². The number of rotatable bonds is 1. The average molecular weight is 341 g/mol. The molecular weight excluding hydrogens is 333 g/mol. The van der Waals surface area contributed by atoms with Crippen LogP contribution in [0.3, 0.4) is 0 Å². The zero-order chi connectivity index (χ0) is 13.6. The molecule has 0 atom stereocenters. The molecule has 96 valence electrons. The molecule has 0 spiro atoms. The number of fused-ring (bicyclic) bond motifs is 1. The van der Waals surface area contributed by atoms with Crippen molar-refractivity contribution in [3.63, 3.8) is 0 Å². The molecule has 0 saturated carbocycles. The zero-order valence-corrected chi connectivity index (χ0v) is 11.9. The third-order valence-electron chi connectivity index (χ3n) is 2.81. The summed E-state index contributed by atoms with van der Waals surface area (Å²) >= 11 is 8.99. The molecule has 0 aliphatic carbocycles. The first-order valence-electron chi connectivity index (χ1n) is 5.45. The Hall–Kier alpha value is -1.59.